The SMILES string of the molecule is CCn1cc(NC(=O)C2CCCCN2)ccc1=O. The van der Waals surface area contributed by atoms with Crippen molar-refractivity contribution in [2.24, 2.45) is 0 Å². The van der Waals surface area contributed by atoms with E-state index in [2.05, 4.69) is 10.6 Å². The maximum absolute atomic E-state index is 12.0. The highest BCUT2D eigenvalue weighted by Crippen LogP contribution is 2.10. The summed E-state index contributed by atoms with van der Waals surface area (Å²) >= 11 is 0. The molecule has 0 spiro atoms. The number of piperidine rings is 1. The predicted octanol–water partition coefficient (Wildman–Crippen LogP) is 0.949. The Morgan fingerprint density at radius 1 is 1.50 bits per heavy atom. The first kappa shape index (κ1) is 12.8. The molecule has 1 unspecified atom stereocenters. The Bertz CT molecular complexity index is 475. The number of anilines is 1. The number of rotatable bonds is 3. The molecular weight excluding hydrogens is 230 g/mol. The number of carbonyl (C=O) groups is 1. The van der Waals surface area contributed by atoms with Crippen molar-refractivity contribution in [3.63, 3.8) is 0 Å². The van der Waals surface area contributed by atoms with E-state index >= 15 is 0 Å². The molecular formula is C13H19N3O2. The number of hydrogen-bond donors (Lipinski definition) is 2. The molecule has 0 aromatic carbocycles. The van der Waals surface area contributed by atoms with Crippen molar-refractivity contribution in [2.75, 3.05) is 11.9 Å². The van der Waals surface area contributed by atoms with Crippen molar-refractivity contribution in [1.82, 2.24) is 9.88 Å². The third-order valence-electron chi connectivity index (χ3n) is 3.22. The van der Waals surface area contributed by atoms with Gasteiger partial charge >= 0.3 is 0 Å². The lowest BCUT2D eigenvalue weighted by Gasteiger charge is -2.22. The second kappa shape index (κ2) is 5.82. The van der Waals surface area contributed by atoms with E-state index < -0.39 is 0 Å². The first-order valence-corrected chi connectivity index (χ1v) is 6.45. The predicted molar refractivity (Wildman–Crippen MR) is 70.6 cm³/mol. The van der Waals surface area contributed by atoms with Crippen LogP contribution in [0, 0.1) is 0 Å². The van der Waals surface area contributed by atoms with Gasteiger partial charge < -0.3 is 15.2 Å². The minimum absolute atomic E-state index is 0.0176. The van der Waals surface area contributed by atoms with Crippen LogP contribution in [-0.4, -0.2) is 23.1 Å². The van der Waals surface area contributed by atoms with Crippen molar-refractivity contribution in [2.45, 2.75) is 38.8 Å². The summed E-state index contributed by atoms with van der Waals surface area (Å²) in [6.45, 7) is 3.40. The maximum Gasteiger partial charge on any atom is 0.250 e. The maximum atomic E-state index is 12.0. The number of hydrogen-bond acceptors (Lipinski definition) is 3. The standard InChI is InChI=1S/C13H19N3O2/c1-2-16-9-10(6-7-12(16)17)15-13(18)11-5-3-4-8-14-11/h6-7,9,11,14H,2-5,8H2,1H3,(H,15,18). The molecule has 1 aliphatic rings. The van der Waals surface area contributed by atoms with Crippen LogP contribution in [0.25, 0.3) is 0 Å². The summed E-state index contributed by atoms with van der Waals surface area (Å²) in [5.41, 5.74) is 0.625. The van der Waals surface area contributed by atoms with Crippen LogP contribution in [0.1, 0.15) is 26.2 Å². The van der Waals surface area contributed by atoms with E-state index in [9.17, 15) is 9.59 Å². The lowest BCUT2D eigenvalue weighted by Crippen LogP contribution is -2.43. The van der Waals surface area contributed by atoms with E-state index in [-0.39, 0.29) is 17.5 Å². The Morgan fingerprint density at radius 3 is 3.00 bits per heavy atom. The van der Waals surface area contributed by atoms with Gasteiger partial charge in [0.15, 0.2) is 0 Å². The molecule has 1 aromatic heterocycles. The Balaban J connectivity index is 2.04. The topological polar surface area (TPSA) is 63.1 Å². The van der Waals surface area contributed by atoms with Crippen LogP contribution >= 0.6 is 0 Å². The minimum atomic E-state index is -0.110. The van der Waals surface area contributed by atoms with Crippen LogP contribution in [0.4, 0.5) is 5.69 Å². The number of amides is 1. The minimum Gasteiger partial charge on any atom is -0.323 e. The summed E-state index contributed by atoms with van der Waals surface area (Å²) in [5.74, 6) is -0.0176. The highest BCUT2D eigenvalue weighted by molar-refractivity contribution is 5.94. The fourth-order valence-electron chi connectivity index (χ4n) is 2.16. The molecule has 18 heavy (non-hydrogen) atoms. The largest absolute Gasteiger partial charge is 0.323 e. The monoisotopic (exact) mass is 249 g/mol. The van der Waals surface area contributed by atoms with Crippen LogP contribution in [0.15, 0.2) is 23.1 Å². The number of aryl methyl sites for hydroxylation is 1. The zero-order valence-corrected chi connectivity index (χ0v) is 10.6. The van der Waals surface area contributed by atoms with Crippen molar-refractivity contribution >= 4 is 11.6 Å². The fraction of sp³-hybridized carbons (Fsp3) is 0.538. The molecule has 1 atom stereocenters. The third-order valence-corrected chi connectivity index (χ3v) is 3.22. The van der Waals surface area contributed by atoms with Gasteiger partial charge in [0.25, 0.3) is 5.56 Å². The van der Waals surface area contributed by atoms with E-state index in [1.807, 2.05) is 6.92 Å². The zero-order chi connectivity index (χ0) is 13.0. The molecule has 2 N–H and O–H groups in total. The van der Waals surface area contributed by atoms with Gasteiger partial charge in [-0.3, -0.25) is 9.59 Å². The molecule has 98 valence electrons. The molecule has 1 aromatic rings. The van der Waals surface area contributed by atoms with Crippen LogP contribution in [0.3, 0.4) is 0 Å². The third kappa shape index (κ3) is 2.98. The average molecular weight is 249 g/mol. The van der Waals surface area contributed by atoms with Gasteiger partial charge in [0.05, 0.1) is 11.7 Å². The molecule has 2 rings (SSSR count). The van der Waals surface area contributed by atoms with Gasteiger partial charge in [-0.1, -0.05) is 6.42 Å². The van der Waals surface area contributed by atoms with Crippen LogP contribution in [-0.2, 0) is 11.3 Å². The lowest BCUT2D eigenvalue weighted by molar-refractivity contribution is -0.118. The Hall–Kier alpha value is -1.62. The summed E-state index contributed by atoms with van der Waals surface area (Å²) in [5, 5.41) is 6.05. The molecule has 1 fully saturated rings. The molecule has 0 radical (unpaired) electrons. The average Bonchev–Trinajstić information content (AvgIpc) is 2.42. The van der Waals surface area contributed by atoms with Crippen LogP contribution < -0.4 is 16.2 Å². The molecule has 0 bridgehead atoms. The van der Waals surface area contributed by atoms with Gasteiger partial charge in [0.2, 0.25) is 5.91 Å². The highest BCUT2D eigenvalue weighted by Gasteiger charge is 2.20. The zero-order valence-electron chi connectivity index (χ0n) is 10.6. The lowest BCUT2D eigenvalue weighted by atomic mass is 10.0. The van der Waals surface area contributed by atoms with Gasteiger partial charge in [0.1, 0.15) is 0 Å². The first-order chi connectivity index (χ1) is 8.70. The normalized spacial score (nSPS) is 19.5. The number of nitrogens with one attached hydrogen (secondary N) is 2. The Morgan fingerprint density at radius 2 is 2.33 bits per heavy atom. The van der Waals surface area contributed by atoms with E-state index in [0.717, 1.165) is 25.8 Å². The number of aromatic nitrogens is 1. The van der Waals surface area contributed by atoms with E-state index in [1.54, 1.807) is 16.8 Å². The van der Waals surface area contributed by atoms with Crippen molar-refractivity contribution in [3.05, 3.63) is 28.7 Å². The summed E-state index contributed by atoms with van der Waals surface area (Å²) in [6, 6.07) is 3.02. The molecule has 5 nitrogen and oxygen atoms in total. The van der Waals surface area contributed by atoms with Crippen LogP contribution in [0.5, 0.6) is 0 Å². The molecule has 1 saturated heterocycles. The van der Waals surface area contributed by atoms with Gasteiger partial charge in [-0.25, -0.2) is 0 Å². The van der Waals surface area contributed by atoms with Gasteiger partial charge in [-0.2, -0.15) is 0 Å². The summed E-state index contributed by atoms with van der Waals surface area (Å²) in [4.78, 5) is 23.4. The van der Waals surface area contributed by atoms with Gasteiger partial charge in [-0.05, 0) is 32.4 Å². The first-order valence-electron chi connectivity index (χ1n) is 6.45. The second-order valence-electron chi connectivity index (χ2n) is 4.53. The molecule has 2 heterocycles. The summed E-state index contributed by atoms with van der Waals surface area (Å²) < 4.78 is 1.57. The quantitative estimate of drug-likeness (QED) is 0.838. The van der Waals surface area contributed by atoms with Crippen LogP contribution in [0.2, 0.25) is 0 Å². The van der Waals surface area contributed by atoms with E-state index in [4.69, 9.17) is 0 Å². The Kier molecular flexibility index (Phi) is 4.15. The van der Waals surface area contributed by atoms with Gasteiger partial charge in [0, 0.05) is 18.8 Å². The molecule has 0 aliphatic carbocycles. The number of carbonyl (C=O) groups excluding carboxylic acids is 1. The van der Waals surface area contributed by atoms with E-state index in [0.29, 0.717) is 12.2 Å². The molecule has 1 amide bonds. The van der Waals surface area contributed by atoms with Crippen molar-refractivity contribution in [1.29, 1.82) is 0 Å². The fourth-order valence-corrected chi connectivity index (χ4v) is 2.16. The van der Waals surface area contributed by atoms with E-state index in [1.165, 1.54) is 6.07 Å². The van der Waals surface area contributed by atoms with Gasteiger partial charge in [-0.15, -0.1) is 0 Å². The number of nitrogens with zero attached hydrogens (tertiary/aromatic N) is 1. The number of pyridine rings is 1. The molecule has 1 aliphatic heterocycles. The molecule has 0 saturated carbocycles. The molecule has 5 heteroatoms. The van der Waals surface area contributed by atoms with Crippen molar-refractivity contribution in [3.8, 4) is 0 Å². The smallest absolute Gasteiger partial charge is 0.250 e. The summed E-state index contributed by atoms with van der Waals surface area (Å²) in [7, 11) is 0. The Labute approximate surface area is 106 Å². The highest BCUT2D eigenvalue weighted by atomic mass is 16.2. The summed E-state index contributed by atoms with van der Waals surface area (Å²) in [6.07, 6.45) is 4.77. The van der Waals surface area contributed by atoms with Crippen molar-refractivity contribution < 1.29 is 4.79 Å². The second-order valence-corrected chi connectivity index (χ2v) is 4.53.